The van der Waals surface area contributed by atoms with E-state index in [9.17, 15) is 9.59 Å². The van der Waals surface area contributed by atoms with Crippen molar-refractivity contribution in [2.45, 2.75) is 25.3 Å². The van der Waals surface area contributed by atoms with Gasteiger partial charge in [-0.2, -0.15) is 0 Å². The lowest BCUT2D eigenvalue weighted by molar-refractivity contribution is -0.116. The lowest BCUT2D eigenvalue weighted by Gasteiger charge is -2.35. The molecule has 5 nitrogen and oxygen atoms in total. The fourth-order valence-electron chi connectivity index (χ4n) is 4.35. The Bertz CT molecular complexity index is 1160. The fraction of sp³-hybridized carbons (Fsp3) is 0.174. The lowest BCUT2D eigenvalue weighted by Crippen LogP contribution is -2.27. The Kier molecular flexibility index (Phi) is 3.76. The van der Waals surface area contributed by atoms with Crippen LogP contribution in [0, 0.1) is 0 Å². The first-order chi connectivity index (χ1) is 13.6. The number of rotatable bonds is 2. The molecule has 5 rings (SSSR count). The van der Waals surface area contributed by atoms with E-state index in [1.54, 1.807) is 30.5 Å². The fourth-order valence-corrected chi connectivity index (χ4v) is 4.35. The van der Waals surface area contributed by atoms with E-state index < -0.39 is 5.97 Å². The van der Waals surface area contributed by atoms with E-state index >= 15 is 0 Å². The predicted molar refractivity (Wildman–Crippen MR) is 107 cm³/mol. The van der Waals surface area contributed by atoms with E-state index in [0.717, 1.165) is 51.7 Å². The summed E-state index contributed by atoms with van der Waals surface area (Å²) in [7, 11) is 0. The summed E-state index contributed by atoms with van der Waals surface area (Å²) in [6, 6.07) is 14.5. The number of ketones is 1. The van der Waals surface area contributed by atoms with Gasteiger partial charge in [-0.1, -0.05) is 18.2 Å². The van der Waals surface area contributed by atoms with Gasteiger partial charge in [0.15, 0.2) is 5.78 Å². The zero-order valence-corrected chi connectivity index (χ0v) is 15.1. The number of carbonyl (C=O) groups is 2. The molecule has 0 amide bonds. The highest BCUT2D eigenvalue weighted by Gasteiger charge is 2.35. The number of fused-ring (bicyclic) bond motifs is 4. The molecule has 28 heavy (non-hydrogen) atoms. The van der Waals surface area contributed by atoms with Crippen LogP contribution in [-0.2, 0) is 4.79 Å². The zero-order chi connectivity index (χ0) is 19.3. The van der Waals surface area contributed by atoms with Crippen LogP contribution in [0.25, 0.3) is 16.5 Å². The van der Waals surface area contributed by atoms with Crippen LogP contribution >= 0.6 is 0 Å². The van der Waals surface area contributed by atoms with Crippen LogP contribution in [0.15, 0.2) is 60.3 Å². The zero-order valence-electron chi connectivity index (χ0n) is 15.1. The molecule has 2 aromatic carbocycles. The van der Waals surface area contributed by atoms with Crippen LogP contribution in [0.5, 0.6) is 0 Å². The third-order valence-corrected chi connectivity index (χ3v) is 5.62. The summed E-state index contributed by atoms with van der Waals surface area (Å²) < 4.78 is 0. The maximum atomic E-state index is 12.9. The summed E-state index contributed by atoms with van der Waals surface area (Å²) in [5.74, 6) is -0.797. The number of carbonyl (C=O) groups excluding carboxylic acids is 1. The molecular formula is C23H18N2O3. The molecule has 2 aliphatic rings. The molecule has 0 saturated heterocycles. The molecule has 0 saturated carbocycles. The van der Waals surface area contributed by atoms with Crippen LogP contribution < -0.4 is 5.32 Å². The molecule has 0 bridgehead atoms. The number of Topliss-reactive ketones (excluding diaryl/α,β-unsaturated/α-hetero) is 1. The lowest BCUT2D eigenvalue weighted by atomic mass is 9.77. The van der Waals surface area contributed by atoms with E-state index in [-0.39, 0.29) is 17.4 Å². The van der Waals surface area contributed by atoms with E-state index in [1.165, 1.54) is 0 Å². The highest BCUT2D eigenvalue weighted by molar-refractivity contribution is 6.12. The van der Waals surface area contributed by atoms with Gasteiger partial charge in [-0.05, 0) is 54.3 Å². The highest BCUT2D eigenvalue weighted by atomic mass is 16.4. The van der Waals surface area contributed by atoms with Crippen molar-refractivity contribution in [3.05, 3.63) is 77.0 Å². The second-order valence-corrected chi connectivity index (χ2v) is 7.23. The molecule has 5 heteroatoms. The number of benzene rings is 2. The average molecular weight is 370 g/mol. The standard InChI is InChI=1S/C23H18N2O3/c26-19-5-1-3-16-20-15-4-2-12-24-17(15)10-11-18(20)25-22(21(16)19)13-6-8-14(9-7-13)23(27)28/h2,4,6-12,22,25H,1,3,5H2,(H,27,28). The quantitative estimate of drug-likeness (QED) is 0.689. The van der Waals surface area contributed by atoms with Crippen LogP contribution in [0.2, 0.25) is 0 Å². The van der Waals surface area contributed by atoms with Gasteiger partial charge in [0.1, 0.15) is 0 Å². The number of nitrogens with one attached hydrogen (secondary N) is 1. The van der Waals surface area contributed by atoms with Crippen molar-refractivity contribution >= 4 is 33.9 Å². The average Bonchev–Trinajstić information content (AvgIpc) is 2.73. The molecule has 0 fully saturated rings. The molecule has 2 heterocycles. The molecule has 1 aliphatic heterocycles. The molecule has 1 atom stereocenters. The number of aromatic carboxylic acids is 1. The van der Waals surface area contributed by atoms with Crippen molar-refractivity contribution in [3.8, 4) is 0 Å². The normalized spacial score (nSPS) is 18.4. The third kappa shape index (κ3) is 2.51. The first kappa shape index (κ1) is 16.7. The number of pyridine rings is 1. The summed E-state index contributed by atoms with van der Waals surface area (Å²) >= 11 is 0. The third-order valence-electron chi connectivity index (χ3n) is 5.62. The minimum Gasteiger partial charge on any atom is -0.478 e. The maximum Gasteiger partial charge on any atom is 0.335 e. The molecule has 2 N–H and O–H groups in total. The Morgan fingerprint density at radius 3 is 2.68 bits per heavy atom. The number of aromatic nitrogens is 1. The van der Waals surface area contributed by atoms with Gasteiger partial charge in [0.25, 0.3) is 0 Å². The maximum absolute atomic E-state index is 12.9. The molecule has 138 valence electrons. The number of carboxylic acid groups (broad SMARTS) is 1. The molecule has 0 spiro atoms. The van der Waals surface area contributed by atoms with Crippen molar-refractivity contribution in [2.75, 3.05) is 5.32 Å². The second-order valence-electron chi connectivity index (χ2n) is 7.23. The molecule has 3 aromatic rings. The molecule has 1 unspecified atom stereocenters. The van der Waals surface area contributed by atoms with Gasteiger partial charge in [-0.3, -0.25) is 9.78 Å². The van der Waals surface area contributed by atoms with E-state index in [2.05, 4.69) is 16.4 Å². The van der Waals surface area contributed by atoms with Gasteiger partial charge in [-0.15, -0.1) is 0 Å². The van der Waals surface area contributed by atoms with E-state index in [1.807, 2.05) is 18.2 Å². The number of hydrogen-bond acceptors (Lipinski definition) is 4. The Morgan fingerprint density at radius 1 is 1.07 bits per heavy atom. The van der Waals surface area contributed by atoms with Gasteiger partial charge >= 0.3 is 5.97 Å². The largest absolute Gasteiger partial charge is 0.478 e. The van der Waals surface area contributed by atoms with Gasteiger partial charge < -0.3 is 10.4 Å². The Morgan fingerprint density at radius 2 is 1.89 bits per heavy atom. The van der Waals surface area contributed by atoms with Gasteiger partial charge in [-0.25, -0.2) is 4.79 Å². The number of hydrogen-bond donors (Lipinski definition) is 2. The molecule has 0 radical (unpaired) electrons. The number of carboxylic acids is 1. The van der Waals surface area contributed by atoms with Crippen molar-refractivity contribution in [1.82, 2.24) is 4.98 Å². The van der Waals surface area contributed by atoms with Crippen molar-refractivity contribution in [1.29, 1.82) is 0 Å². The van der Waals surface area contributed by atoms with Gasteiger partial charge in [0.05, 0.1) is 17.1 Å². The topological polar surface area (TPSA) is 79.3 Å². The summed E-state index contributed by atoms with van der Waals surface area (Å²) in [4.78, 5) is 28.6. The van der Waals surface area contributed by atoms with Crippen LogP contribution in [0.3, 0.4) is 0 Å². The molecular weight excluding hydrogens is 352 g/mol. The number of allylic oxidation sites excluding steroid dienone is 1. The minimum absolute atomic E-state index is 0.160. The predicted octanol–water partition coefficient (Wildman–Crippen LogP) is 4.61. The van der Waals surface area contributed by atoms with Gasteiger partial charge in [0, 0.05) is 34.8 Å². The summed E-state index contributed by atoms with van der Waals surface area (Å²) in [5, 5.41) is 13.7. The first-order valence-electron chi connectivity index (χ1n) is 9.37. The van der Waals surface area contributed by atoms with Gasteiger partial charge in [0.2, 0.25) is 0 Å². The Hall–Kier alpha value is -3.47. The second kappa shape index (κ2) is 6.30. The number of anilines is 1. The summed E-state index contributed by atoms with van der Waals surface area (Å²) in [6.45, 7) is 0. The SMILES string of the molecule is O=C1CCCC2=C1C(c1ccc(C(=O)O)cc1)Nc1ccc3ncccc3c12. The van der Waals surface area contributed by atoms with Crippen LogP contribution in [0.4, 0.5) is 5.69 Å². The van der Waals surface area contributed by atoms with Crippen LogP contribution in [-0.4, -0.2) is 21.8 Å². The highest BCUT2D eigenvalue weighted by Crippen LogP contribution is 2.47. The van der Waals surface area contributed by atoms with Crippen molar-refractivity contribution < 1.29 is 14.7 Å². The summed E-state index contributed by atoms with van der Waals surface area (Å²) in [6.07, 6.45) is 4.02. The van der Waals surface area contributed by atoms with E-state index in [4.69, 9.17) is 5.11 Å². The first-order valence-corrected chi connectivity index (χ1v) is 9.37. The summed E-state index contributed by atoms with van der Waals surface area (Å²) in [5.41, 5.74) is 6.01. The van der Waals surface area contributed by atoms with Crippen LogP contribution in [0.1, 0.15) is 46.8 Å². The molecule has 1 aromatic heterocycles. The van der Waals surface area contributed by atoms with Crippen molar-refractivity contribution in [2.24, 2.45) is 0 Å². The minimum atomic E-state index is -0.957. The number of nitrogens with zero attached hydrogens (tertiary/aromatic N) is 1. The smallest absolute Gasteiger partial charge is 0.335 e. The monoisotopic (exact) mass is 370 g/mol. The Balaban J connectivity index is 1.72. The van der Waals surface area contributed by atoms with Crippen molar-refractivity contribution in [3.63, 3.8) is 0 Å². The Labute approximate surface area is 161 Å². The molecule has 1 aliphatic carbocycles. The van der Waals surface area contributed by atoms with E-state index in [0.29, 0.717) is 6.42 Å².